The lowest BCUT2D eigenvalue weighted by atomic mass is 10.0. The lowest BCUT2D eigenvalue weighted by Gasteiger charge is -2.11. The van der Waals surface area contributed by atoms with Crippen LogP contribution in [0.4, 0.5) is 0 Å². The van der Waals surface area contributed by atoms with Crippen molar-refractivity contribution < 1.29 is 10.2 Å². The van der Waals surface area contributed by atoms with Crippen molar-refractivity contribution in [3.05, 3.63) is 12.3 Å². The van der Waals surface area contributed by atoms with Crippen LogP contribution in [-0.2, 0) is 0 Å². The quantitative estimate of drug-likeness (QED) is 0.573. The minimum Gasteiger partial charge on any atom is -0.384 e. The lowest BCUT2D eigenvalue weighted by molar-refractivity contribution is 0.0911. The van der Waals surface area contributed by atoms with Crippen LogP contribution in [0.3, 0.4) is 0 Å². The summed E-state index contributed by atoms with van der Waals surface area (Å²) in [6, 6.07) is 0. The van der Waals surface area contributed by atoms with Crippen LogP contribution in [-0.4, -0.2) is 28.1 Å². The smallest absolute Gasteiger partial charge is 0.126 e. The number of nitrogens with zero attached hydrogens (tertiary/aromatic N) is 1. The van der Waals surface area contributed by atoms with Gasteiger partial charge in [-0.2, -0.15) is 0 Å². The topological polar surface area (TPSA) is 52.8 Å². The van der Waals surface area contributed by atoms with Crippen LogP contribution in [0.15, 0.2) is 17.3 Å². The maximum Gasteiger partial charge on any atom is 0.126 e. The van der Waals surface area contributed by atoms with Gasteiger partial charge in [0, 0.05) is 0 Å². The fraction of sp³-hybridized carbons (Fsp3) is 0.625. The summed E-state index contributed by atoms with van der Waals surface area (Å²) in [5.74, 6) is 0.166. The maximum atomic E-state index is 9.36. The van der Waals surface area contributed by atoms with Gasteiger partial charge in [-0.15, -0.1) is 0 Å². The van der Waals surface area contributed by atoms with Gasteiger partial charge in [0.2, 0.25) is 0 Å². The van der Waals surface area contributed by atoms with Crippen molar-refractivity contribution >= 4 is 5.71 Å². The summed E-state index contributed by atoms with van der Waals surface area (Å²) in [6.07, 6.45) is -1.74. The number of hydrogen-bond acceptors (Lipinski definition) is 3. The number of aliphatic imine (C=N–C) groups is 1. The van der Waals surface area contributed by atoms with Gasteiger partial charge in [-0.25, -0.2) is 0 Å². The molecular weight excluding hydrogens is 142 g/mol. The minimum absolute atomic E-state index is 0.166. The molecule has 0 amide bonds. The Labute approximate surface area is 66.1 Å². The predicted molar refractivity (Wildman–Crippen MR) is 43.4 cm³/mol. The van der Waals surface area contributed by atoms with E-state index in [1.165, 1.54) is 0 Å². The molecule has 0 bridgehead atoms. The van der Waals surface area contributed by atoms with E-state index in [4.69, 9.17) is 0 Å². The Bertz CT molecular complexity index is 208. The molecule has 0 aromatic heterocycles. The molecule has 1 aliphatic rings. The van der Waals surface area contributed by atoms with E-state index < -0.39 is 12.2 Å². The number of rotatable bonds is 1. The monoisotopic (exact) mass is 155 g/mol. The summed E-state index contributed by atoms with van der Waals surface area (Å²) in [4.78, 5) is 3.97. The molecular formula is C8H13NO2. The molecule has 1 aliphatic heterocycles. The van der Waals surface area contributed by atoms with Crippen molar-refractivity contribution in [3.8, 4) is 0 Å². The van der Waals surface area contributed by atoms with E-state index in [9.17, 15) is 10.2 Å². The van der Waals surface area contributed by atoms with E-state index in [1.54, 1.807) is 0 Å². The second-order valence-corrected chi connectivity index (χ2v) is 3.07. The maximum absolute atomic E-state index is 9.36. The molecule has 0 unspecified atom stereocenters. The molecule has 0 aromatic rings. The first kappa shape index (κ1) is 8.43. The Morgan fingerprint density at radius 2 is 1.91 bits per heavy atom. The first-order valence-corrected chi connectivity index (χ1v) is 3.67. The van der Waals surface area contributed by atoms with Crippen LogP contribution >= 0.6 is 0 Å². The Balaban J connectivity index is 2.83. The zero-order valence-corrected chi connectivity index (χ0v) is 6.78. The van der Waals surface area contributed by atoms with E-state index in [0.717, 1.165) is 0 Å². The molecule has 3 heteroatoms. The Morgan fingerprint density at radius 3 is 2.09 bits per heavy atom. The second kappa shape index (κ2) is 2.75. The van der Waals surface area contributed by atoms with E-state index in [-0.39, 0.29) is 5.92 Å². The average molecular weight is 155 g/mol. The Hall–Kier alpha value is -0.670. The van der Waals surface area contributed by atoms with Gasteiger partial charge in [-0.05, 0) is 5.92 Å². The molecule has 3 nitrogen and oxygen atoms in total. The van der Waals surface area contributed by atoms with Crippen molar-refractivity contribution in [2.75, 3.05) is 0 Å². The highest BCUT2D eigenvalue weighted by molar-refractivity contribution is 5.94. The molecule has 1 heterocycles. The van der Waals surface area contributed by atoms with E-state index >= 15 is 0 Å². The molecule has 0 fully saturated rings. The van der Waals surface area contributed by atoms with Gasteiger partial charge in [0.15, 0.2) is 0 Å². The van der Waals surface area contributed by atoms with E-state index in [2.05, 4.69) is 11.6 Å². The summed E-state index contributed by atoms with van der Waals surface area (Å²) >= 11 is 0. The van der Waals surface area contributed by atoms with Crippen LogP contribution in [0.2, 0.25) is 0 Å². The highest BCUT2D eigenvalue weighted by Crippen LogP contribution is 2.20. The molecule has 62 valence electrons. The fourth-order valence-electron chi connectivity index (χ4n) is 1.11. The average Bonchev–Trinajstić information content (AvgIpc) is 2.17. The highest BCUT2D eigenvalue weighted by atomic mass is 16.3. The predicted octanol–water partition coefficient (Wildman–Crippen LogP) is 0.333. The van der Waals surface area contributed by atoms with Crippen LogP contribution in [0.25, 0.3) is 0 Å². The van der Waals surface area contributed by atoms with Crippen molar-refractivity contribution in [2.45, 2.75) is 26.1 Å². The largest absolute Gasteiger partial charge is 0.384 e. The fourth-order valence-corrected chi connectivity index (χ4v) is 1.11. The Kier molecular flexibility index (Phi) is 2.11. The van der Waals surface area contributed by atoms with Crippen LogP contribution in [0.5, 0.6) is 0 Å². The SMILES string of the molecule is C=C1N=C(C(C)C)[C@H](O)[C@@H]1O. The molecule has 2 atom stereocenters. The molecule has 2 N–H and O–H groups in total. The second-order valence-electron chi connectivity index (χ2n) is 3.07. The number of hydrogen-bond donors (Lipinski definition) is 2. The summed E-state index contributed by atoms with van der Waals surface area (Å²) in [5, 5.41) is 18.6. The van der Waals surface area contributed by atoms with Crippen LogP contribution < -0.4 is 0 Å². The van der Waals surface area contributed by atoms with Crippen LogP contribution in [0.1, 0.15) is 13.8 Å². The van der Waals surface area contributed by atoms with Gasteiger partial charge in [0.25, 0.3) is 0 Å². The molecule has 1 rings (SSSR count). The summed E-state index contributed by atoms with van der Waals surface area (Å²) < 4.78 is 0. The van der Waals surface area contributed by atoms with Gasteiger partial charge in [-0.1, -0.05) is 20.4 Å². The van der Waals surface area contributed by atoms with Gasteiger partial charge in [0.05, 0.1) is 11.4 Å². The Morgan fingerprint density at radius 1 is 1.36 bits per heavy atom. The molecule has 11 heavy (non-hydrogen) atoms. The van der Waals surface area contributed by atoms with Gasteiger partial charge < -0.3 is 10.2 Å². The zero-order chi connectivity index (χ0) is 8.59. The third-order valence-electron chi connectivity index (χ3n) is 1.81. The van der Waals surface area contributed by atoms with E-state index in [1.807, 2.05) is 13.8 Å². The number of aliphatic hydroxyl groups is 2. The normalized spacial score (nSPS) is 31.4. The van der Waals surface area contributed by atoms with Crippen molar-refractivity contribution in [3.63, 3.8) is 0 Å². The van der Waals surface area contributed by atoms with Crippen LogP contribution in [0, 0.1) is 5.92 Å². The molecule has 0 saturated heterocycles. The molecule has 0 aromatic carbocycles. The van der Waals surface area contributed by atoms with Gasteiger partial charge >= 0.3 is 0 Å². The summed E-state index contributed by atoms with van der Waals surface area (Å²) in [7, 11) is 0. The molecule has 0 aliphatic carbocycles. The standard InChI is InChI=1S/C8H13NO2/c1-4(2)6-8(11)7(10)5(3)9-6/h4,7-8,10-11H,3H2,1-2H3/t7-,8+/m1/s1. The molecule has 0 spiro atoms. The molecule has 0 saturated carbocycles. The summed E-state index contributed by atoms with van der Waals surface area (Å²) in [6.45, 7) is 7.37. The van der Waals surface area contributed by atoms with Crippen molar-refractivity contribution in [2.24, 2.45) is 10.9 Å². The summed E-state index contributed by atoms with van der Waals surface area (Å²) in [5.41, 5.74) is 0.990. The van der Waals surface area contributed by atoms with E-state index in [0.29, 0.717) is 11.4 Å². The zero-order valence-electron chi connectivity index (χ0n) is 6.78. The van der Waals surface area contributed by atoms with Crippen molar-refractivity contribution in [1.29, 1.82) is 0 Å². The van der Waals surface area contributed by atoms with Gasteiger partial charge in [0.1, 0.15) is 12.2 Å². The lowest BCUT2D eigenvalue weighted by Crippen LogP contribution is -2.31. The molecule has 0 radical (unpaired) electrons. The number of aliphatic hydroxyl groups excluding tert-OH is 2. The highest BCUT2D eigenvalue weighted by Gasteiger charge is 2.32. The third kappa shape index (κ3) is 1.34. The minimum atomic E-state index is -0.896. The van der Waals surface area contributed by atoms with Crippen molar-refractivity contribution in [1.82, 2.24) is 0 Å². The first-order valence-electron chi connectivity index (χ1n) is 3.67. The third-order valence-corrected chi connectivity index (χ3v) is 1.81. The first-order chi connectivity index (χ1) is 5.04. The van der Waals surface area contributed by atoms with Gasteiger partial charge in [-0.3, -0.25) is 4.99 Å².